The van der Waals surface area contributed by atoms with Gasteiger partial charge < -0.3 is 14.9 Å². The van der Waals surface area contributed by atoms with Crippen LogP contribution in [0.2, 0.25) is 0 Å². The van der Waals surface area contributed by atoms with Crippen LogP contribution in [0.5, 0.6) is 0 Å². The van der Waals surface area contributed by atoms with E-state index >= 15 is 0 Å². The van der Waals surface area contributed by atoms with E-state index in [1.807, 2.05) is 0 Å². The van der Waals surface area contributed by atoms with Gasteiger partial charge in [0.25, 0.3) is 0 Å². The molecule has 5 aliphatic rings. The molecule has 1 unspecified atom stereocenters. The highest BCUT2D eigenvalue weighted by Crippen LogP contribution is 2.72. The van der Waals surface area contributed by atoms with Crippen molar-refractivity contribution in [1.29, 1.82) is 0 Å². The first kappa shape index (κ1) is 24.6. The van der Waals surface area contributed by atoms with E-state index in [9.17, 15) is 15.0 Å². The van der Waals surface area contributed by atoms with Crippen LogP contribution in [0.25, 0.3) is 0 Å². The fourth-order valence-corrected chi connectivity index (χ4v) is 9.28. The summed E-state index contributed by atoms with van der Waals surface area (Å²) in [6, 6.07) is 0. The molecule has 34 heavy (non-hydrogen) atoms. The number of ether oxygens (including phenoxy) is 1. The van der Waals surface area contributed by atoms with Crippen LogP contribution in [0.3, 0.4) is 0 Å². The smallest absolute Gasteiger partial charge is 0.309 e. The van der Waals surface area contributed by atoms with Gasteiger partial charge >= 0.3 is 5.97 Å². The van der Waals surface area contributed by atoms with E-state index in [0.29, 0.717) is 11.8 Å². The van der Waals surface area contributed by atoms with E-state index in [2.05, 4.69) is 46.8 Å². The zero-order valence-electron chi connectivity index (χ0n) is 22.4. The van der Waals surface area contributed by atoms with Crippen molar-refractivity contribution in [2.45, 2.75) is 118 Å². The molecule has 4 nitrogen and oxygen atoms in total. The topological polar surface area (TPSA) is 66.8 Å². The summed E-state index contributed by atoms with van der Waals surface area (Å²) in [6.45, 7) is 15.3. The van der Waals surface area contributed by atoms with Crippen LogP contribution in [-0.2, 0) is 9.53 Å². The summed E-state index contributed by atoms with van der Waals surface area (Å²) in [4.78, 5) is 13.2. The molecule has 0 amide bonds. The minimum absolute atomic E-state index is 0.0283. The zero-order chi connectivity index (χ0) is 24.9. The summed E-state index contributed by atoms with van der Waals surface area (Å²) in [5, 5.41) is 21.2. The molecule has 2 N–H and O–H groups in total. The highest BCUT2D eigenvalue weighted by molar-refractivity contribution is 5.74. The number of aliphatic hydroxyl groups excluding tert-OH is 1. The maximum atomic E-state index is 13.2. The van der Waals surface area contributed by atoms with Gasteiger partial charge in [-0.2, -0.15) is 0 Å². The number of carbonyl (C=O) groups excluding carboxylic acids is 1. The number of cyclic esters (lactones) is 1. The van der Waals surface area contributed by atoms with Crippen LogP contribution in [0.1, 0.15) is 99.8 Å². The number of aliphatic hydroxyl groups is 2. The van der Waals surface area contributed by atoms with E-state index in [4.69, 9.17) is 4.74 Å². The lowest BCUT2D eigenvalue weighted by Gasteiger charge is -2.61. The van der Waals surface area contributed by atoms with Crippen molar-refractivity contribution in [3.05, 3.63) is 23.3 Å². The highest BCUT2D eigenvalue weighted by Gasteiger charge is 2.64. The minimum atomic E-state index is -0.989. The Hall–Kier alpha value is -1.13. The third-order valence-corrected chi connectivity index (χ3v) is 11.9. The Balaban J connectivity index is 1.47. The second kappa shape index (κ2) is 7.44. The molecule has 190 valence electrons. The van der Waals surface area contributed by atoms with Crippen LogP contribution in [0, 0.1) is 39.4 Å². The summed E-state index contributed by atoms with van der Waals surface area (Å²) in [5.41, 5.74) is 2.20. The predicted molar refractivity (Wildman–Crippen MR) is 134 cm³/mol. The van der Waals surface area contributed by atoms with Gasteiger partial charge in [0, 0.05) is 0 Å². The third kappa shape index (κ3) is 3.13. The Morgan fingerprint density at radius 2 is 1.68 bits per heavy atom. The fourth-order valence-electron chi connectivity index (χ4n) is 9.28. The highest BCUT2D eigenvalue weighted by atomic mass is 16.6. The van der Waals surface area contributed by atoms with Crippen molar-refractivity contribution in [2.24, 2.45) is 39.4 Å². The van der Waals surface area contributed by atoms with Crippen LogP contribution in [0.15, 0.2) is 23.3 Å². The quantitative estimate of drug-likeness (QED) is 0.488. The molecule has 1 aliphatic heterocycles. The van der Waals surface area contributed by atoms with Gasteiger partial charge in [0.2, 0.25) is 0 Å². The Bertz CT molecular complexity index is 938. The van der Waals surface area contributed by atoms with Gasteiger partial charge in [-0.05, 0) is 110 Å². The first-order chi connectivity index (χ1) is 15.7. The van der Waals surface area contributed by atoms with Gasteiger partial charge in [0.15, 0.2) is 0 Å². The van der Waals surface area contributed by atoms with E-state index in [1.165, 1.54) is 11.1 Å². The summed E-state index contributed by atoms with van der Waals surface area (Å²) in [5.74, 6) is 0.588. The molecule has 1 saturated heterocycles. The van der Waals surface area contributed by atoms with E-state index in [0.717, 1.165) is 51.4 Å². The van der Waals surface area contributed by atoms with Crippen molar-refractivity contribution in [3.8, 4) is 0 Å². The second-order valence-corrected chi connectivity index (χ2v) is 14.2. The molecule has 4 heteroatoms. The molecule has 4 aliphatic carbocycles. The molecule has 8 atom stereocenters. The van der Waals surface area contributed by atoms with Crippen LogP contribution >= 0.6 is 0 Å². The van der Waals surface area contributed by atoms with Gasteiger partial charge in [0.05, 0.1) is 17.6 Å². The lowest BCUT2D eigenvalue weighted by Crippen LogP contribution is -2.55. The van der Waals surface area contributed by atoms with Crippen molar-refractivity contribution in [2.75, 3.05) is 0 Å². The number of esters is 1. The molecule has 5 rings (SSSR count). The molecule has 0 radical (unpaired) electrons. The lowest BCUT2D eigenvalue weighted by molar-refractivity contribution is -0.181. The molecular formula is C30H46O4. The minimum Gasteiger partial charge on any atom is -0.459 e. The first-order valence-electron chi connectivity index (χ1n) is 13.7. The Labute approximate surface area is 206 Å². The Morgan fingerprint density at radius 1 is 0.971 bits per heavy atom. The van der Waals surface area contributed by atoms with Crippen LogP contribution in [-0.4, -0.2) is 34.0 Å². The SMILES string of the molecule is CC(C)(O)[C@H]1CC[C@H]([C@H]2CC[C@@]3(C)C4=CCC5C(C)(C)[C@@H](O)CC[C@]5(C)C4=CC[C@]23C)C(=O)O1. The molecule has 0 bridgehead atoms. The van der Waals surface area contributed by atoms with Gasteiger partial charge in [0.1, 0.15) is 6.10 Å². The molecule has 0 aromatic carbocycles. The molecule has 1 heterocycles. The monoisotopic (exact) mass is 470 g/mol. The number of hydrogen-bond donors (Lipinski definition) is 2. The molecule has 0 spiro atoms. The molecule has 0 aromatic heterocycles. The van der Waals surface area contributed by atoms with Crippen molar-refractivity contribution >= 4 is 5.97 Å². The number of carbonyl (C=O) groups is 1. The van der Waals surface area contributed by atoms with Crippen molar-refractivity contribution < 1.29 is 19.7 Å². The average molecular weight is 471 g/mol. The largest absolute Gasteiger partial charge is 0.459 e. The van der Waals surface area contributed by atoms with E-state index in [-0.39, 0.29) is 39.7 Å². The van der Waals surface area contributed by atoms with E-state index in [1.54, 1.807) is 13.8 Å². The summed E-state index contributed by atoms with van der Waals surface area (Å²) in [7, 11) is 0. The summed E-state index contributed by atoms with van der Waals surface area (Å²) >= 11 is 0. The number of fused-ring (bicyclic) bond motifs is 5. The Kier molecular flexibility index (Phi) is 5.38. The molecule has 2 saturated carbocycles. The van der Waals surface area contributed by atoms with Crippen LogP contribution in [0.4, 0.5) is 0 Å². The van der Waals surface area contributed by atoms with E-state index < -0.39 is 11.7 Å². The maximum absolute atomic E-state index is 13.2. The van der Waals surface area contributed by atoms with Gasteiger partial charge in [-0.25, -0.2) is 0 Å². The third-order valence-electron chi connectivity index (χ3n) is 11.9. The summed E-state index contributed by atoms with van der Waals surface area (Å²) in [6.07, 6.45) is 12.1. The molecule has 3 fully saturated rings. The van der Waals surface area contributed by atoms with Gasteiger partial charge in [-0.15, -0.1) is 0 Å². The fraction of sp³-hybridized carbons (Fsp3) is 0.833. The standard InChI is InChI=1S/C30H46O4/c1-26(2)22-10-9-21-20(28(22,5)15-14-23(26)31)13-17-29(6)19(12-16-30(21,29)7)18-8-11-24(27(3,4)33)34-25(18)32/h9,13,18-19,22-24,31,33H,8,10-12,14-17H2,1-7H3/t18-,19-,22?,23+,24-,28-,29-,30+/m1/s1. The number of hydrogen-bond acceptors (Lipinski definition) is 4. The average Bonchev–Trinajstić information content (AvgIpc) is 3.02. The summed E-state index contributed by atoms with van der Waals surface area (Å²) < 4.78 is 5.82. The maximum Gasteiger partial charge on any atom is 0.309 e. The van der Waals surface area contributed by atoms with Crippen molar-refractivity contribution in [1.82, 2.24) is 0 Å². The molecule has 0 aromatic rings. The predicted octanol–water partition coefficient (Wildman–Crippen LogP) is 5.97. The zero-order valence-corrected chi connectivity index (χ0v) is 22.4. The number of allylic oxidation sites excluding steroid dienone is 4. The van der Waals surface area contributed by atoms with Gasteiger partial charge in [-0.3, -0.25) is 4.79 Å². The first-order valence-corrected chi connectivity index (χ1v) is 13.7. The normalized spacial score (nSPS) is 48.1. The van der Waals surface area contributed by atoms with Crippen molar-refractivity contribution in [3.63, 3.8) is 0 Å². The second-order valence-electron chi connectivity index (χ2n) is 14.2. The van der Waals surface area contributed by atoms with Gasteiger partial charge in [-0.1, -0.05) is 46.8 Å². The van der Waals surface area contributed by atoms with Crippen LogP contribution < -0.4 is 0 Å². The Morgan fingerprint density at radius 3 is 2.32 bits per heavy atom. The number of rotatable bonds is 2. The lowest BCUT2D eigenvalue weighted by atomic mass is 9.44. The molecular weight excluding hydrogens is 424 g/mol.